The molecule has 2 amide bonds. The molecule has 7 nitrogen and oxygen atoms in total. The van der Waals surface area contributed by atoms with E-state index in [9.17, 15) is 14.4 Å². The fraction of sp³-hybridized carbons (Fsp3) is 0.353. The van der Waals surface area contributed by atoms with Crippen LogP contribution in [0.3, 0.4) is 0 Å². The monoisotopic (exact) mass is 330 g/mol. The molecule has 0 saturated carbocycles. The van der Waals surface area contributed by atoms with E-state index in [4.69, 9.17) is 9.47 Å². The third kappa shape index (κ3) is 2.97. The smallest absolute Gasteiger partial charge is 0.415 e. The van der Waals surface area contributed by atoms with Crippen molar-refractivity contribution in [1.82, 2.24) is 9.80 Å². The van der Waals surface area contributed by atoms with Crippen molar-refractivity contribution in [3.63, 3.8) is 0 Å². The summed E-state index contributed by atoms with van der Waals surface area (Å²) in [6.45, 7) is 2.03. The van der Waals surface area contributed by atoms with E-state index in [1.807, 2.05) is 30.3 Å². The fourth-order valence-electron chi connectivity index (χ4n) is 2.70. The molecule has 1 aromatic rings. The standard InChI is InChI=1S/C17H18N2O5/c1-12-16(21)19-14(10-20)7-8-23-15(19)9-18(12)17(22)24-11-13-5-3-2-4-6-13/h2-6,9-10,12,14H,7-8,11H2,1H3/t12-,14-/m0/s1. The van der Waals surface area contributed by atoms with Gasteiger partial charge in [0.15, 0.2) is 0 Å². The number of ether oxygens (including phenoxy) is 2. The number of carbonyl (C=O) groups excluding carboxylic acids is 3. The number of carbonyl (C=O) groups is 3. The first-order chi connectivity index (χ1) is 11.6. The zero-order valence-corrected chi connectivity index (χ0v) is 13.3. The van der Waals surface area contributed by atoms with Crippen molar-refractivity contribution in [2.24, 2.45) is 0 Å². The molecule has 0 radical (unpaired) electrons. The van der Waals surface area contributed by atoms with Gasteiger partial charge in [-0.25, -0.2) is 4.79 Å². The van der Waals surface area contributed by atoms with Gasteiger partial charge in [0, 0.05) is 6.42 Å². The van der Waals surface area contributed by atoms with Crippen LogP contribution in [-0.4, -0.2) is 46.8 Å². The fourth-order valence-corrected chi connectivity index (χ4v) is 2.70. The molecular weight excluding hydrogens is 312 g/mol. The van der Waals surface area contributed by atoms with Gasteiger partial charge in [-0.05, 0) is 12.5 Å². The minimum Gasteiger partial charge on any atom is -0.478 e. The molecule has 3 rings (SSSR count). The molecule has 126 valence electrons. The van der Waals surface area contributed by atoms with Crippen LogP contribution >= 0.6 is 0 Å². The number of hydrogen-bond donors (Lipinski definition) is 0. The van der Waals surface area contributed by atoms with Crippen LogP contribution in [0.25, 0.3) is 0 Å². The van der Waals surface area contributed by atoms with Gasteiger partial charge in [0.2, 0.25) is 5.88 Å². The van der Waals surface area contributed by atoms with E-state index in [1.165, 1.54) is 16.0 Å². The molecule has 2 heterocycles. The Morgan fingerprint density at radius 3 is 2.83 bits per heavy atom. The van der Waals surface area contributed by atoms with Crippen molar-refractivity contribution in [3.8, 4) is 0 Å². The highest BCUT2D eigenvalue weighted by Gasteiger charge is 2.42. The third-order valence-electron chi connectivity index (χ3n) is 4.07. The maximum absolute atomic E-state index is 12.5. The summed E-state index contributed by atoms with van der Waals surface area (Å²) in [6.07, 6.45) is 1.96. The average molecular weight is 330 g/mol. The van der Waals surface area contributed by atoms with Gasteiger partial charge in [-0.15, -0.1) is 0 Å². The van der Waals surface area contributed by atoms with Gasteiger partial charge in [-0.3, -0.25) is 14.6 Å². The second-order valence-electron chi connectivity index (χ2n) is 5.64. The van der Waals surface area contributed by atoms with Gasteiger partial charge in [0.1, 0.15) is 18.9 Å². The number of amides is 2. The Morgan fingerprint density at radius 2 is 2.12 bits per heavy atom. The van der Waals surface area contributed by atoms with E-state index in [0.29, 0.717) is 13.0 Å². The van der Waals surface area contributed by atoms with Crippen LogP contribution in [0.5, 0.6) is 0 Å². The molecule has 2 aliphatic heterocycles. The Labute approximate surface area is 139 Å². The molecule has 0 aliphatic carbocycles. The lowest BCUT2D eigenvalue weighted by Gasteiger charge is -2.41. The lowest BCUT2D eigenvalue weighted by Crippen LogP contribution is -2.57. The van der Waals surface area contributed by atoms with Gasteiger partial charge in [-0.2, -0.15) is 0 Å². The normalized spacial score (nSPS) is 23.0. The molecule has 2 atom stereocenters. The molecule has 2 aliphatic rings. The van der Waals surface area contributed by atoms with Crippen molar-refractivity contribution in [2.75, 3.05) is 6.61 Å². The van der Waals surface area contributed by atoms with Gasteiger partial charge in [-0.1, -0.05) is 30.3 Å². The zero-order chi connectivity index (χ0) is 17.1. The average Bonchev–Trinajstić information content (AvgIpc) is 2.62. The summed E-state index contributed by atoms with van der Waals surface area (Å²) in [5.41, 5.74) is 0.853. The van der Waals surface area contributed by atoms with Crippen LogP contribution in [0.15, 0.2) is 42.4 Å². The lowest BCUT2D eigenvalue weighted by molar-refractivity contribution is -0.147. The SMILES string of the molecule is C[C@H]1C(=O)N2C(=CN1C(=O)OCc1ccccc1)OCC[C@H]2C=O. The second-order valence-corrected chi connectivity index (χ2v) is 5.64. The van der Waals surface area contributed by atoms with Crippen LogP contribution in [-0.2, 0) is 25.7 Å². The largest absolute Gasteiger partial charge is 0.478 e. The first-order valence-electron chi connectivity index (χ1n) is 7.74. The van der Waals surface area contributed by atoms with Gasteiger partial charge in [0.05, 0.1) is 18.8 Å². The number of benzene rings is 1. The molecule has 24 heavy (non-hydrogen) atoms. The predicted octanol–water partition coefficient (Wildman–Crippen LogP) is 1.64. The number of nitrogens with zero attached hydrogens (tertiary/aromatic N) is 2. The van der Waals surface area contributed by atoms with Gasteiger partial charge >= 0.3 is 6.09 Å². The highest BCUT2D eigenvalue weighted by atomic mass is 16.6. The van der Waals surface area contributed by atoms with Crippen LogP contribution < -0.4 is 0 Å². The highest BCUT2D eigenvalue weighted by Crippen LogP contribution is 2.27. The van der Waals surface area contributed by atoms with Gasteiger partial charge in [0.25, 0.3) is 5.91 Å². The molecule has 0 N–H and O–H groups in total. The molecule has 1 fully saturated rings. The molecule has 1 aromatic carbocycles. The van der Waals surface area contributed by atoms with Crippen LogP contribution in [0, 0.1) is 0 Å². The van der Waals surface area contributed by atoms with Crippen LogP contribution in [0.4, 0.5) is 4.79 Å². The first kappa shape index (κ1) is 16.0. The highest BCUT2D eigenvalue weighted by molar-refractivity contribution is 5.90. The number of fused-ring (bicyclic) bond motifs is 1. The maximum atomic E-state index is 12.5. The Morgan fingerprint density at radius 1 is 1.38 bits per heavy atom. The van der Waals surface area contributed by atoms with Crippen molar-refractivity contribution < 1.29 is 23.9 Å². The van der Waals surface area contributed by atoms with E-state index in [2.05, 4.69) is 0 Å². The van der Waals surface area contributed by atoms with Crippen LogP contribution in [0.2, 0.25) is 0 Å². The van der Waals surface area contributed by atoms with Gasteiger partial charge < -0.3 is 14.3 Å². The van der Waals surface area contributed by atoms with Crippen molar-refractivity contribution in [2.45, 2.75) is 32.0 Å². The molecular formula is C17H18N2O5. The summed E-state index contributed by atoms with van der Waals surface area (Å²) in [5.74, 6) is -0.154. The molecule has 0 spiro atoms. The van der Waals surface area contributed by atoms with Crippen molar-refractivity contribution in [3.05, 3.63) is 48.0 Å². The Hall–Kier alpha value is -2.83. The van der Waals surface area contributed by atoms with E-state index in [-0.39, 0.29) is 18.4 Å². The molecule has 0 unspecified atom stereocenters. The number of rotatable bonds is 3. The van der Waals surface area contributed by atoms with E-state index in [0.717, 1.165) is 11.8 Å². The topological polar surface area (TPSA) is 76.2 Å². The summed E-state index contributed by atoms with van der Waals surface area (Å²) in [7, 11) is 0. The van der Waals surface area contributed by atoms with E-state index in [1.54, 1.807) is 6.92 Å². The summed E-state index contributed by atoms with van der Waals surface area (Å²) in [5, 5.41) is 0. The Balaban J connectivity index is 1.74. The quantitative estimate of drug-likeness (QED) is 0.788. The van der Waals surface area contributed by atoms with E-state index < -0.39 is 18.2 Å². The Bertz CT molecular complexity index is 673. The molecule has 7 heteroatoms. The minimum absolute atomic E-state index is 0.113. The van der Waals surface area contributed by atoms with Crippen LogP contribution in [0.1, 0.15) is 18.9 Å². The summed E-state index contributed by atoms with van der Waals surface area (Å²) >= 11 is 0. The van der Waals surface area contributed by atoms with Crippen molar-refractivity contribution in [1.29, 1.82) is 0 Å². The first-order valence-corrected chi connectivity index (χ1v) is 7.74. The molecule has 1 saturated heterocycles. The summed E-state index contributed by atoms with van der Waals surface area (Å²) in [6, 6.07) is 7.95. The predicted molar refractivity (Wildman–Crippen MR) is 83.3 cm³/mol. The molecule has 0 aromatic heterocycles. The zero-order valence-electron chi connectivity index (χ0n) is 13.3. The second kappa shape index (κ2) is 6.74. The Kier molecular flexibility index (Phi) is 4.50. The lowest BCUT2D eigenvalue weighted by atomic mass is 10.1. The summed E-state index contributed by atoms with van der Waals surface area (Å²) in [4.78, 5) is 38.5. The number of hydrogen-bond acceptors (Lipinski definition) is 5. The maximum Gasteiger partial charge on any atom is 0.415 e. The number of aldehydes is 1. The van der Waals surface area contributed by atoms with E-state index >= 15 is 0 Å². The minimum atomic E-state index is -0.763. The molecule has 0 bridgehead atoms. The third-order valence-corrected chi connectivity index (χ3v) is 4.07. The van der Waals surface area contributed by atoms with Crippen molar-refractivity contribution >= 4 is 18.3 Å². The summed E-state index contributed by atoms with van der Waals surface area (Å²) < 4.78 is 10.7.